The van der Waals surface area contributed by atoms with Crippen molar-refractivity contribution in [1.29, 1.82) is 0 Å². The maximum Gasteiger partial charge on any atom is 0 e. The standard InChI is InChI=1S/C8H18.2ClH.Zr/c1-3-5-7-8-6-4-2;;;/h3-8H2,1-2H3;2*1H;. The number of hydrogen-bond acceptors (Lipinski definition) is 0. The van der Waals surface area contributed by atoms with Crippen molar-refractivity contribution >= 4 is 24.8 Å². The molecule has 3 heteroatoms. The second-order valence-corrected chi connectivity index (χ2v) is 2.41. The molecule has 0 saturated heterocycles. The van der Waals surface area contributed by atoms with Crippen molar-refractivity contribution in [3.05, 3.63) is 0 Å². The molecule has 0 radical (unpaired) electrons. The molecule has 0 spiro atoms. The van der Waals surface area contributed by atoms with Crippen LogP contribution >= 0.6 is 24.8 Å². The van der Waals surface area contributed by atoms with Gasteiger partial charge in [-0.15, -0.1) is 24.8 Å². The van der Waals surface area contributed by atoms with Gasteiger partial charge in [-0.3, -0.25) is 0 Å². The monoisotopic (exact) mass is 276 g/mol. The fraction of sp³-hybridized carbons (Fsp3) is 1.00. The number of halogens is 2. The molecule has 0 aromatic rings. The molecule has 0 fully saturated rings. The van der Waals surface area contributed by atoms with Gasteiger partial charge < -0.3 is 0 Å². The molecule has 0 amide bonds. The first kappa shape index (κ1) is 22.9. The van der Waals surface area contributed by atoms with E-state index < -0.39 is 0 Å². The van der Waals surface area contributed by atoms with E-state index in [1.54, 1.807) is 0 Å². The topological polar surface area (TPSA) is 0 Å². The summed E-state index contributed by atoms with van der Waals surface area (Å²) in [6.45, 7) is 4.51. The second kappa shape index (κ2) is 22.5. The van der Waals surface area contributed by atoms with Gasteiger partial charge >= 0.3 is 0 Å². The molecule has 0 rings (SSSR count). The van der Waals surface area contributed by atoms with Crippen molar-refractivity contribution in [3.63, 3.8) is 0 Å². The van der Waals surface area contributed by atoms with Crippen LogP contribution in [0.15, 0.2) is 0 Å². The van der Waals surface area contributed by atoms with Crippen molar-refractivity contribution in [1.82, 2.24) is 0 Å². The van der Waals surface area contributed by atoms with Crippen molar-refractivity contribution in [2.75, 3.05) is 0 Å². The van der Waals surface area contributed by atoms with Crippen LogP contribution in [0.25, 0.3) is 0 Å². The fourth-order valence-electron chi connectivity index (χ4n) is 0.854. The molecule has 0 atom stereocenters. The van der Waals surface area contributed by atoms with E-state index in [-0.39, 0.29) is 51.0 Å². The van der Waals surface area contributed by atoms with Crippen LogP contribution in [0.2, 0.25) is 0 Å². The number of hydrogen-bond donors (Lipinski definition) is 0. The summed E-state index contributed by atoms with van der Waals surface area (Å²) in [5, 5.41) is 0. The largest absolute Gasteiger partial charge is 0.147 e. The van der Waals surface area contributed by atoms with Gasteiger partial charge in [0.1, 0.15) is 0 Å². The molecule has 0 unspecified atom stereocenters. The minimum absolute atomic E-state index is 0. The molecule has 0 aromatic carbocycles. The Kier molecular flexibility index (Phi) is 46.8. The summed E-state index contributed by atoms with van der Waals surface area (Å²) in [4.78, 5) is 0. The third kappa shape index (κ3) is 24.6. The van der Waals surface area contributed by atoms with Gasteiger partial charge in [0.05, 0.1) is 0 Å². The molecule has 0 aliphatic heterocycles. The third-order valence-corrected chi connectivity index (χ3v) is 1.46. The predicted octanol–water partition coefficient (Wildman–Crippen LogP) is 4.21. The van der Waals surface area contributed by atoms with E-state index in [0.29, 0.717) is 0 Å². The first-order valence-corrected chi connectivity index (χ1v) is 3.91. The zero-order valence-corrected chi connectivity index (χ0v) is 11.7. The van der Waals surface area contributed by atoms with Gasteiger partial charge in [-0.1, -0.05) is 52.4 Å². The van der Waals surface area contributed by atoms with Gasteiger partial charge in [0.15, 0.2) is 0 Å². The van der Waals surface area contributed by atoms with Crippen LogP contribution in [-0.2, 0) is 26.2 Å². The molecule has 0 saturated carbocycles. The van der Waals surface area contributed by atoms with Crippen LogP contribution in [-0.4, -0.2) is 0 Å². The molecule has 0 aliphatic rings. The van der Waals surface area contributed by atoms with Crippen LogP contribution < -0.4 is 0 Å². The maximum absolute atomic E-state index is 2.26. The first-order chi connectivity index (χ1) is 3.91. The van der Waals surface area contributed by atoms with Crippen LogP contribution in [0.1, 0.15) is 52.4 Å². The van der Waals surface area contributed by atoms with Gasteiger partial charge in [0.25, 0.3) is 0 Å². The van der Waals surface area contributed by atoms with Crippen molar-refractivity contribution < 1.29 is 26.2 Å². The van der Waals surface area contributed by atoms with Crippen molar-refractivity contribution in [2.45, 2.75) is 52.4 Å². The van der Waals surface area contributed by atoms with Crippen LogP contribution in [0.5, 0.6) is 0 Å². The smallest absolute Gasteiger partial charge is 0 e. The maximum atomic E-state index is 2.26. The SMILES string of the molecule is CCCCCCCC.Cl.Cl.[Zr]. The Hall–Kier alpha value is 1.46. The van der Waals surface area contributed by atoms with E-state index in [9.17, 15) is 0 Å². The molecule has 0 aliphatic carbocycles. The van der Waals surface area contributed by atoms with Gasteiger partial charge in [0.2, 0.25) is 0 Å². The quantitative estimate of drug-likeness (QED) is 0.661. The molecular formula is C8H20Cl2Zr. The average Bonchev–Trinajstić information content (AvgIpc) is 1.81. The summed E-state index contributed by atoms with van der Waals surface area (Å²) < 4.78 is 0. The fourth-order valence-corrected chi connectivity index (χ4v) is 0.854. The Balaban J connectivity index is -0.0000000817. The Morgan fingerprint density at radius 2 is 0.909 bits per heavy atom. The Labute approximate surface area is 103 Å². The summed E-state index contributed by atoms with van der Waals surface area (Å²) in [6.07, 6.45) is 8.49. The van der Waals surface area contributed by atoms with E-state index in [0.717, 1.165) is 0 Å². The van der Waals surface area contributed by atoms with E-state index in [1.165, 1.54) is 38.5 Å². The Bertz CT molecular complexity index is 37.1. The molecular weight excluding hydrogens is 258 g/mol. The summed E-state index contributed by atoms with van der Waals surface area (Å²) in [7, 11) is 0. The normalized spacial score (nSPS) is 7.09. The number of unbranched alkanes of at least 4 members (excludes halogenated alkanes) is 5. The molecule has 0 heterocycles. The van der Waals surface area contributed by atoms with E-state index in [4.69, 9.17) is 0 Å². The van der Waals surface area contributed by atoms with E-state index in [1.807, 2.05) is 0 Å². The number of rotatable bonds is 5. The van der Waals surface area contributed by atoms with Gasteiger partial charge in [0, 0.05) is 26.2 Å². The Morgan fingerprint density at radius 3 is 1.09 bits per heavy atom. The summed E-state index contributed by atoms with van der Waals surface area (Å²) in [6, 6.07) is 0. The average molecular weight is 278 g/mol. The zero-order chi connectivity index (χ0) is 6.24. The van der Waals surface area contributed by atoms with Gasteiger partial charge in [-0.05, 0) is 0 Å². The van der Waals surface area contributed by atoms with Crippen LogP contribution in [0, 0.1) is 0 Å². The minimum Gasteiger partial charge on any atom is -0.147 e. The summed E-state index contributed by atoms with van der Waals surface area (Å²) in [5.41, 5.74) is 0. The third-order valence-electron chi connectivity index (χ3n) is 1.46. The molecule has 0 N–H and O–H groups in total. The van der Waals surface area contributed by atoms with Gasteiger partial charge in [-0.2, -0.15) is 0 Å². The molecule has 0 bridgehead atoms. The van der Waals surface area contributed by atoms with E-state index in [2.05, 4.69) is 13.8 Å². The van der Waals surface area contributed by atoms with Gasteiger partial charge in [-0.25, -0.2) is 0 Å². The predicted molar refractivity (Wildman–Crippen MR) is 53.5 cm³/mol. The second-order valence-electron chi connectivity index (χ2n) is 2.41. The Morgan fingerprint density at radius 1 is 0.636 bits per heavy atom. The summed E-state index contributed by atoms with van der Waals surface area (Å²) in [5.74, 6) is 0. The molecule has 70 valence electrons. The molecule has 0 nitrogen and oxygen atoms in total. The van der Waals surface area contributed by atoms with Crippen LogP contribution in [0.4, 0.5) is 0 Å². The first-order valence-electron chi connectivity index (χ1n) is 3.91. The van der Waals surface area contributed by atoms with Crippen molar-refractivity contribution in [2.24, 2.45) is 0 Å². The van der Waals surface area contributed by atoms with Crippen molar-refractivity contribution in [3.8, 4) is 0 Å². The van der Waals surface area contributed by atoms with E-state index >= 15 is 0 Å². The minimum atomic E-state index is 0. The summed E-state index contributed by atoms with van der Waals surface area (Å²) >= 11 is 0. The molecule has 0 aromatic heterocycles. The molecule has 11 heavy (non-hydrogen) atoms. The zero-order valence-electron chi connectivity index (χ0n) is 7.56. The van der Waals surface area contributed by atoms with Crippen LogP contribution in [0.3, 0.4) is 0 Å².